The van der Waals surface area contributed by atoms with Crippen molar-refractivity contribution in [1.82, 2.24) is 25.2 Å². The molecule has 312 valence electrons. The maximum atomic E-state index is 14.8. The van der Waals surface area contributed by atoms with Crippen LogP contribution in [0.15, 0.2) is 42.6 Å². The zero-order valence-corrected chi connectivity index (χ0v) is 33.7. The molecular weight excluding hydrogens is 746 g/mol. The lowest BCUT2D eigenvalue weighted by atomic mass is 9.88. The molecular formula is C40H60FN5O9S. The van der Waals surface area contributed by atoms with E-state index in [0.717, 1.165) is 11.8 Å². The van der Waals surface area contributed by atoms with Gasteiger partial charge in [0.2, 0.25) is 27.7 Å². The lowest BCUT2D eigenvalue weighted by molar-refractivity contribution is -0.142. The molecule has 14 nitrogen and oxygen atoms in total. The summed E-state index contributed by atoms with van der Waals surface area (Å²) in [5.74, 6) is -2.18. The smallest absolute Gasteiger partial charge is 0.408 e. The Kier molecular flexibility index (Phi) is 11.6. The van der Waals surface area contributed by atoms with Crippen molar-refractivity contribution in [3.8, 4) is 11.6 Å². The number of carbonyl (C=O) groups excluding carboxylic acids is 4. The van der Waals surface area contributed by atoms with Crippen LogP contribution in [0.2, 0.25) is 0 Å². The van der Waals surface area contributed by atoms with Gasteiger partial charge >= 0.3 is 6.09 Å². The van der Waals surface area contributed by atoms with Gasteiger partial charge in [0.05, 0.1) is 19.9 Å². The first kappa shape index (κ1) is 41.2. The second-order valence-electron chi connectivity index (χ2n) is 16.6. The van der Waals surface area contributed by atoms with Crippen LogP contribution in [0.1, 0.15) is 90.3 Å². The molecule has 56 heavy (non-hydrogen) atoms. The maximum Gasteiger partial charge on any atom is 0.408 e. The van der Waals surface area contributed by atoms with Crippen LogP contribution in [-0.2, 0) is 29.1 Å². The van der Waals surface area contributed by atoms with Gasteiger partial charge in [-0.25, -0.2) is 22.6 Å². The van der Waals surface area contributed by atoms with Crippen LogP contribution in [0.3, 0.4) is 0 Å². The van der Waals surface area contributed by atoms with E-state index in [1.165, 1.54) is 18.2 Å². The Labute approximate surface area is 332 Å². The summed E-state index contributed by atoms with van der Waals surface area (Å²) in [5, 5.41) is 7.05. The molecule has 2 saturated carbocycles. The zero-order chi connectivity index (χ0) is 40.6. The lowest BCUT2D eigenvalue weighted by Gasteiger charge is -2.33. The molecule has 0 radical (unpaired) electrons. The van der Waals surface area contributed by atoms with Crippen LogP contribution in [0.25, 0.3) is 10.8 Å². The Morgan fingerprint density at radius 3 is 2.52 bits per heavy atom. The van der Waals surface area contributed by atoms with E-state index in [1.807, 2.05) is 50.3 Å². The number of aromatic nitrogens is 1. The van der Waals surface area contributed by atoms with Gasteiger partial charge in [-0.05, 0) is 76.7 Å². The highest BCUT2D eigenvalue weighted by Crippen LogP contribution is 2.48. The molecule has 16 heteroatoms. The average molecular weight is 806 g/mol. The summed E-state index contributed by atoms with van der Waals surface area (Å²) >= 11 is 0. The van der Waals surface area contributed by atoms with Crippen LogP contribution in [0, 0.1) is 17.8 Å². The molecule has 4 amide bonds. The number of methoxy groups -OCH3 is 1. The topological polar surface area (TPSA) is 182 Å². The number of fused-ring (bicyclic) bond motifs is 3. The predicted octanol–water partition coefficient (Wildman–Crippen LogP) is 5.45. The molecule has 2 aliphatic heterocycles. The standard InChI is InChI=1S/C40H54FN5O9S.3H2/c1-7-38(4,5)55-37(50)43-32-25(3)18-24(2)12-8-9-13-26-20-40(26,36(49)45-56(51,52)39(23-41)16-17-39)44-33(47)30-19-27(22-46(30)35(32)48)54-34-29-15-11-10-14-28(29)31(53-6)21-42-34;;;/h9-11,13-15,21,24-27,30,32H,7-8,12,16-20,22-23H2,1-6H3,(H,43,50)(H,44,47)(H,45,49);3*1H/b13-9-;;;/t24-,25-,26-,27-,30+,32+,40-;;;/m1.../s1. The number of halogens is 1. The second-order valence-corrected chi connectivity index (χ2v) is 18.7. The van der Waals surface area contributed by atoms with Gasteiger partial charge in [-0.2, -0.15) is 0 Å². The summed E-state index contributed by atoms with van der Waals surface area (Å²) in [4.78, 5) is 62.4. The fourth-order valence-electron chi connectivity index (χ4n) is 7.79. The minimum Gasteiger partial charge on any atom is -0.494 e. The number of hydrogen-bond acceptors (Lipinski definition) is 10. The Hall–Kier alpha value is -4.47. The van der Waals surface area contributed by atoms with Gasteiger partial charge in [0.1, 0.15) is 46.5 Å². The third-order valence-electron chi connectivity index (χ3n) is 12.0. The number of amides is 4. The van der Waals surface area contributed by atoms with Crippen LogP contribution < -0.4 is 24.8 Å². The molecule has 1 saturated heterocycles. The van der Waals surface area contributed by atoms with Gasteiger partial charge in [0.25, 0.3) is 5.91 Å². The number of sulfonamides is 1. The van der Waals surface area contributed by atoms with Gasteiger partial charge in [-0.15, -0.1) is 0 Å². The Morgan fingerprint density at radius 1 is 1.14 bits per heavy atom. The number of hydrogen-bond donors (Lipinski definition) is 3. The number of alkyl carbamates (subject to hydrolysis) is 1. The number of ether oxygens (including phenoxy) is 3. The number of nitrogens with zero attached hydrogens (tertiary/aromatic N) is 2. The summed E-state index contributed by atoms with van der Waals surface area (Å²) in [7, 11) is -2.85. The van der Waals surface area contributed by atoms with Gasteiger partial charge in [0, 0.05) is 27.4 Å². The normalized spacial score (nSPS) is 29.7. The molecule has 4 aliphatic rings. The molecule has 7 atom stereocenters. The molecule has 2 aromatic rings. The van der Waals surface area contributed by atoms with Crippen LogP contribution in [0.5, 0.6) is 11.6 Å². The van der Waals surface area contributed by atoms with E-state index in [-0.39, 0.29) is 54.2 Å². The number of allylic oxidation sites excluding steroid dienone is 1. The average Bonchev–Trinajstić information content (AvgIpc) is 4.06. The zero-order valence-electron chi connectivity index (χ0n) is 32.9. The van der Waals surface area contributed by atoms with Crippen LogP contribution >= 0.6 is 0 Å². The molecule has 0 unspecified atom stereocenters. The highest BCUT2D eigenvalue weighted by Gasteiger charge is 2.64. The van der Waals surface area contributed by atoms with Crippen molar-refractivity contribution in [3.05, 3.63) is 42.6 Å². The predicted molar refractivity (Wildman–Crippen MR) is 212 cm³/mol. The number of alkyl halides is 1. The number of rotatable bonds is 10. The Balaban J connectivity index is 0.00000310. The van der Waals surface area contributed by atoms with Crippen molar-refractivity contribution < 1.29 is 50.5 Å². The minimum atomic E-state index is -4.38. The first-order chi connectivity index (χ1) is 26.5. The third-order valence-corrected chi connectivity index (χ3v) is 14.1. The number of nitrogens with one attached hydrogen (secondary N) is 3. The molecule has 1 aromatic carbocycles. The van der Waals surface area contributed by atoms with Gasteiger partial charge < -0.3 is 29.7 Å². The molecule has 6 rings (SSSR count). The molecule has 2 aliphatic carbocycles. The number of benzene rings is 1. The fraction of sp³-hybridized carbons (Fsp3) is 0.625. The molecule has 3 N–H and O–H groups in total. The molecule has 3 heterocycles. The number of pyridine rings is 1. The molecule has 0 spiro atoms. The summed E-state index contributed by atoms with van der Waals surface area (Å²) < 4.78 is 58.3. The summed E-state index contributed by atoms with van der Waals surface area (Å²) in [5.41, 5.74) is -2.45. The first-order valence-electron chi connectivity index (χ1n) is 19.5. The van der Waals surface area contributed by atoms with Crippen LogP contribution in [0.4, 0.5) is 9.18 Å². The quantitative estimate of drug-likeness (QED) is 0.261. The van der Waals surface area contributed by atoms with Crippen molar-refractivity contribution >= 4 is 44.6 Å². The van der Waals surface area contributed by atoms with E-state index in [1.54, 1.807) is 13.8 Å². The van der Waals surface area contributed by atoms with Gasteiger partial charge in [-0.1, -0.05) is 51.1 Å². The second kappa shape index (κ2) is 15.8. The highest BCUT2D eigenvalue weighted by molar-refractivity contribution is 7.91. The van der Waals surface area contributed by atoms with E-state index in [9.17, 15) is 32.0 Å². The minimum absolute atomic E-state index is 0. The SMILES string of the molecule is CCC(C)(C)OC(=O)N[C@@H]1C(=O)N2C[C@H](Oc3ncc(OC)c4ccccc34)C[C@H]2C(=O)N[C@]2(C(=O)NS(=O)(=O)C3(CF)CC3)C[C@H]2/C=C\CC[C@@H](C)C[C@H]1C.[HH].[HH].[HH]. The van der Waals surface area contributed by atoms with E-state index in [2.05, 4.69) is 27.3 Å². The van der Waals surface area contributed by atoms with Gasteiger partial charge in [-0.3, -0.25) is 19.1 Å². The molecule has 1 aromatic heterocycles. The van der Waals surface area contributed by atoms with Gasteiger partial charge in [0.15, 0.2) is 0 Å². The fourth-order valence-corrected chi connectivity index (χ4v) is 9.21. The van der Waals surface area contributed by atoms with E-state index >= 15 is 0 Å². The molecule has 0 bridgehead atoms. The summed E-state index contributed by atoms with van der Waals surface area (Å²) in [6.07, 6.45) is 6.46. The van der Waals surface area contributed by atoms with Crippen LogP contribution in [-0.4, -0.2) is 96.5 Å². The van der Waals surface area contributed by atoms with E-state index in [4.69, 9.17) is 14.2 Å². The van der Waals surface area contributed by atoms with Crippen molar-refractivity contribution in [2.75, 3.05) is 20.3 Å². The van der Waals surface area contributed by atoms with Crippen molar-refractivity contribution in [1.29, 1.82) is 0 Å². The van der Waals surface area contributed by atoms with Crippen molar-refractivity contribution in [2.45, 2.75) is 120 Å². The largest absolute Gasteiger partial charge is 0.494 e. The molecule has 3 fully saturated rings. The Morgan fingerprint density at radius 2 is 1.86 bits per heavy atom. The monoisotopic (exact) mass is 805 g/mol. The first-order valence-corrected chi connectivity index (χ1v) is 21.0. The highest BCUT2D eigenvalue weighted by atomic mass is 32.2. The van der Waals surface area contributed by atoms with Crippen molar-refractivity contribution in [3.63, 3.8) is 0 Å². The Bertz CT molecular complexity index is 2010. The summed E-state index contributed by atoms with van der Waals surface area (Å²) in [6.45, 7) is 8.16. The van der Waals surface area contributed by atoms with Crippen molar-refractivity contribution in [2.24, 2.45) is 17.8 Å². The number of carbonyl (C=O) groups is 4. The van der Waals surface area contributed by atoms with E-state index < -0.39 is 80.5 Å². The summed E-state index contributed by atoms with van der Waals surface area (Å²) in [6, 6.07) is 5.09. The third kappa shape index (κ3) is 8.30. The van der Waals surface area contributed by atoms with E-state index in [0.29, 0.717) is 30.4 Å². The lowest BCUT2D eigenvalue weighted by Crippen LogP contribution is -2.59. The maximum absolute atomic E-state index is 14.8.